The molecule has 0 bridgehead atoms. The number of nitrogens with zero attached hydrogens (tertiary/aromatic N) is 1. The summed E-state index contributed by atoms with van der Waals surface area (Å²) in [6, 6.07) is 15.1. The summed E-state index contributed by atoms with van der Waals surface area (Å²) in [5.41, 5.74) is 1.10. The third-order valence-corrected chi connectivity index (χ3v) is 5.35. The minimum absolute atomic E-state index is 0.0239. The molecular formula is C21H18FN3O3S. The summed E-state index contributed by atoms with van der Waals surface area (Å²) >= 11 is 1.03. The third kappa shape index (κ3) is 4.95. The van der Waals surface area contributed by atoms with Gasteiger partial charge in [0.2, 0.25) is 11.8 Å². The topological polar surface area (TPSA) is 91.2 Å². The number of methoxy groups -OCH3 is 1. The van der Waals surface area contributed by atoms with Crippen LogP contribution in [0.25, 0.3) is 0 Å². The monoisotopic (exact) mass is 411 g/mol. The Labute approximate surface area is 171 Å². The lowest BCUT2D eigenvalue weighted by Gasteiger charge is -2.25. The van der Waals surface area contributed by atoms with Crippen molar-refractivity contribution in [3.63, 3.8) is 0 Å². The standard InChI is InChI=1S/C21H18FN3O3S/c1-28-14-6-4-5-13(9-14)24-20(27)12-29-21-17(11-23)16(10-19(26)25-21)15-7-2-3-8-18(15)22/h2-9,16H,10,12H2,1H3,(H,24,27)(H,25,26)/t16-/m1/s1. The summed E-state index contributed by atoms with van der Waals surface area (Å²) in [4.78, 5) is 24.4. The molecule has 2 N–H and O–H groups in total. The zero-order valence-corrected chi connectivity index (χ0v) is 16.4. The number of amides is 2. The van der Waals surface area contributed by atoms with E-state index in [0.717, 1.165) is 11.8 Å². The number of nitriles is 1. The number of rotatable bonds is 6. The van der Waals surface area contributed by atoms with Crippen molar-refractivity contribution in [2.24, 2.45) is 0 Å². The number of allylic oxidation sites excluding steroid dienone is 1. The predicted octanol–water partition coefficient (Wildman–Crippen LogP) is 3.54. The molecule has 8 heteroatoms. The van der Waals surface area contributed by atoms with Gasteiger partial charge in [-0.1, -0.05) is 36.0 Å². The Balaban J connectivity index is 1.75. The summed E-state index contributed by atoms with van der Waals surface area (Å²) in [7, 11) is 1.53. The van der Waals surface area contributed by atoms with Gasteiger partial charge in [-0.2, -0.15) is 5.26 Å². The second-order valence-corrected chi connectivity index (χ2v) is 7.24. The van der Waals surface area contributed by atoms with Gasteiger partial charge in [0.05, 0.1) is 29.5 Å². The number of benzene rings is 2. The Bertz CT molecular complexity index is 1020. The van der Waals surface area contributed by atoms with Crippen LogP contribution in [0.2, 0.25) is 0 Å². The van der Waals surface area contributed by atoms with Crippen LogP contribution in [0.1, 0.15) is 17.9 Å². The number of thioether (sulfide) groups is 1. The zero-order chi connectivity index (χ0) is 20.8. The van der Waals surface area contributed by atoms with Gasteiger partial charge < -0.3 is 15.4 Å². The number of ether oxygens (including phenoxy) is 1. The molecule has 0 saturated heterocycles. The van der Waals surface area contributed by atoms with Gasteiger partial charge >= 0.3 is 0 Å². The largest absolute Gasteiger partial charge is 0.497 e. The molecule has 1 aliphatic heterocycles. The molecule has 6 nitrogen and oxygen atoms in total. The molecule has 1 atom stereocenters. The molecule has 0 aliphatic carbocycles. The van der Waals surface area contributed by atoms with Crippen molar-refractivity contribution in [1.29, 1.82) is 5.26 Å². The molecule has 1 aliphatic rings. The van der Waals surface area contributed by atoms with Gasteiger partial charge in [-0.05, 0) is 23.8 Å². The molecule has 1 heterocycles. The maximum absolute atomic E-state index is 14.2. The Hall–Kier alpha value is -3.31. The van der Waals surface area contributed by atoms with Crippen LogP contribution in [0.3, 0.4) is 0 Å². The Morgan fingerprint density at radius 3 is 2.86 bits per heavy atom. The maximum atomic E-state index is 14.2. The first kappa shape index (κ1) is 20.4. The number of nitrogens with one attached hydrogen (secondary N) is 2. The maximum Gasteiger partial charge on any atom is 0.234 e. The van der Waals surface area contributed by atoms with Gasteiger partial charge in [-0.15, -0.1) is 0 Å². The lowest BCUT2D eigenvalue weighted by Crippen LogP contribution is -2.31. The van der Waals surface area contributed by atoms with Gasteiger partial charge in [-0.25, -0.2) is 4.39 Å². The van der Waals surface area contributed by atoms with E-state index in [4.69, 9.17) is 4.74 Å². The summed E-state index contributed by atoms with van der Waals surface area (Å²) in [5.74, 6) is -1.21. The van der Waals surface area contributed by atoms with Crippen molar-refractivity contribution in [2.45, 2.75) is 12.3 Å². The van der Waals surface area contributed by atoms with E-state index >= 15 is 0 Å². The highest BCUT2D eigenvalue weighted by molar-refractivity contribution is 8.03. The average Bonchev–Trinajstić information content (AvgIpc) is 2.72. The van der Waals surface area contributed by atoms with E-state index in [-0.39, 0.29) is 40.2 Å². The number of carbonyl (C=O) groups is 2. The lowest BCUT2D eigenvalue weighted by molar-refractivity contribution is -0.121. The highest BCUT2D eigenvalue weighted by Gasteiger charge is 2.31. The van der Waals surface area contributed by atoms with Crippen LogP contribution in [0.15, 0.2) is 59.1 Å². The number of halogens is 1. The first-order valence-electron chi connectivity index (χ1n) is 8.77. The molecule has 0 aromatic heterocycles. The summed E-state index contributed by atoms with van der Waals surface area (Å²) in [6.45, 7) is 0. The summed E-state index contributed by atoms with van der Waals surface area (Å²) in [6.07, 6.45) is -0.0239. The highest BCUT2D eigenvalue weighted by Crippen LogP contribution is 2.36. The molecule has 3 rings (SSSR count). The van der Waals surface area contributed by atoms with Crippen molar-refractivity contribution in [3.05, 3.63) is 70.5 Å². The van der Waals surface area contributed by atoms with Crippen molar-refractivity contribution in [2.75, 3.05) is 18.2 Å². The fraction of sp³-hybridized carbons (Fsp3) is 0.190. The molecule has 0 fully saturated rings. The van der Waals surface area contributed by atoms with Crippen LogP contribution in [0.5, 0.6) is 5.75 Å². The molecule has 0 radical (unpaired) electrons. The van der Waals surface area contributed by atoms with Crippen LogP contribution in [0, 0.1) is 17.1 Å². The van der Waals surface area contributed by atoms with E-state index in [1.54, 1.807) is 42.5 Å². The van der Waals surface area contributed by atoms with Crippen LogP contribution in [-0.4, -0.2) is 24.7 Å². The molecule has 29 heavy (non-hydrogen) atoms. The Morgan fingerprint density at radius 2 is 2.14 bits per heavy atom. The zero-order valence-electron chi connectivity index (χ0n) is 15.6. The number of anilines is 1. The minimum Gasteiger partial charge on any atom is -0.497 e. The fourth-order valence-corrected chi connectivity index (χ4v) is 3.87. The van der Waals surface area contributed by atoms with Gasteiger partial charge in [0, 0.05) is 24.1 Å². The van der Waals surface area contributed by atoms with E-state index in [0.29, 0.717) is 11.4 Å². The van der Waals surface area contributed by atoms with Crippen molar-refractivity contribution < 1.29 is 18.7 Å². The van der Waals surface area contributed by atoms with Crippen molar-refractivity contribution in [1.82, 2.24) is 5.32 Å². The average molecular weight is 411 g/mol. The lowest BCUT2D eigenvalue weighted by atomic mass is 9.87. The van der Waals surface area contributed by atoms with E-state index in [1.807, 2.05) is 0 Å². The first-order chi connectivity index (χ1) is 14.0. The Kier molecular flexibility index (Phi) is 6.52. The van der Waals surface area contributed by atoms with E-state index in [2.05, 4.69) is 16.7 Å². The molecule has 0 saturated carbocycles. The second kappa shape index (κ2) is 9.26. The fourth-order valence-electron chi connectivity index (χ4n) is 2.99. The molecule has 0 spiro atoms. The highest BCUT2D eigenvalue weighted by atomic mass is 32.2. The van der Waals surface area contributed by atoms with Crippen LogP contribution < -0.4 is 15.4 Å². The molecular weight excluding hydrogens is 393 g/mol. The van der Waals surface area contributed by atoms with Gasteiger partial charge in [0.25, 0.3) is 0 Å². The van der Waals surface area contributed by atoms with Crippen LogP contribution in [0.4, 0.5) is 10.1 Å². The van der Waals surface area contributed by atoms with Crippen molar-refractivity contribution in [3.8, 4) is 11.8 Å². The summed E-state index contributed by atoms with van der Waals surface area (Å²) in [5, 5.41) is 15.3. The molecule has 2 aromatic carbocycles. The van der Waals surface area contributed by atoms with Crippen LogP contribution >= 0.6 is 11.8 Å². The third-order valence-electron chi connectivity index (χ3n) is 4.34. The van der Waals surface area contributed by atoms with Gasteiger partial charge in [-0.3, -0.25) is 9.59 Å². The Morgan fingerprint density at radius 1 is 1.34 bits per heavy atom. The number of carbonyl (C=O) groups excluding carboxylic acids is 2. The molecule has 0 unspecified atom stereocenters. The quantitative estimate of drug-likeness (QED) is 0.759. The normalized spacial score (nSPS) is 16.0. The summed E-state index contributed by atoms with van der Waals surface area (Å²) < 4.78 is 19.3. The SMILES string of the molecule is COc1cccc(NC(=O)CSC2=C(C#N)[C@@H](c3ccccc3F)CC(=O)N2)c1. The van der Waals surface area contributed by atoms with Gasteiger partial charge in [0.15, 0.2) is 0 Å². The molecule has 148 valence electrons. The first-order valence-corrected chi connectivity index (χ1v) is 9.75. The smallest absolute Gasteiger partial charge is 0.234 e. The number of hydrogen-bond acceptors (Lipinski definition) is 5. The van der Waals surface area contributed by atoms with Crippen molar-refractivity contribution >= 4 is 29.3 Å². The van der Waals surface area contributed by atoms with Crippen LogP contribution in [-0.2, 0) is 9.59 Å². The van der Waals surface area contributed by atoms with E-state index in [1.165, 1.54) is 13.2 Å². The second-order valence-electron chi connectivity index (χ2n) is 6.25. The molecule has 2 amide bonds. The molecule has 2 aromatic rings. The minimum atomic E-state index is -0.682. The number of hydrogen-bond donors (Lipinski definition) is 2. The van der Waals surface area contributed by atoms with E-state index < -0.39 is 11.7 Å². The predicted molar refractivity (Wildman–Crippen MR) is 109 cm³/mol. The van der Waals surface area contributed by atoms with E-state index in [9.17, 15) is 19.2 Å². The van der Waals surface area contributed by atoms with Gasteiger partial charge in [0.1, 0.15) is 11.6 Å².